The largest absolute Gasteiger partial charge is 0.322 e. The summed E-state index contributed by atoms with van der Waals surface area (Å²) in [5.74, 6) is 0.0400. The minimum absolute atomic E-state index is 0.129. The van der Waals surface area contributed by atoms with E-state index in [-0.39, 0.29) is 17.1 Å². The zero-order valence-electron chi connectivity index (χ0n) is 21.9. The maximum absolute atomic E-state index is 13.4. The second-order valence-electron chi connectivity index (χ2n) is 9.67. The van der Waals surface area contributed by atoms with Gasteiger partial charge in [-0.2, -0.15) is 5.26 Å². The van der Waals surface area contributed by atoms with Crippen molar-refractivity contribution in [3.8, 4) is 6.07 Å². The van der Waals surface area contributed by atoms with Crippen LogP contribution in [0.2, 0.25) is 5.02 Å². The molecule has 8 heteroatoms. The molecule has 2 N–H and O–H groups in total. The fourth-order valence-corrected chi connectivity index (χ4v) is 7.45. The molecule has 5 nitrogen and oxygen atoms in total. The number of nitrogens with one attached hydrogen (secondary N) is 2. The highest BCUT2D eigenvalue weighted by atomic mass is 35.5. The Labute approximate surface area is 247 Å². The minimum atomic E-state index is -0.360. The summed E-state index contributed by atoms with van der Waals surface area (Å²) in [4.78, 5) is 28.1. The molecule has 1 aliphatic carbocycles. The summed E-state index contributed by atoms with van der Waals surface area (Å²) in [7, 11) is 0. The molecule has 1 aliphatic rings. The molecule has 3 aromatic carbocycles. The van der Waals surface area contributed by atoms with Gasteiger partial charge in [-0.25, -0.2) is 0 Å². The Bertz CT molecular complexity index is 1580. The quantitative estimate of drug-likeness (QED) is 0.204. The second-order valence-corrected chi connectivity index (χ2v) is 12.5. The van der Waals surface area contributed by atoms with E-state index in [1.165, 1.54) is 33.5 Å². The highest BCUT2D eigenvalue weighted by Gasteiger charge is 2.28. The molecule has 4 aromatic rings. The van der Waals surface area contributed by atoms with Gasteiger partial charge >= 0.3 is 0 Å². The van der Waals surface area contributed by atoms with E-state index in [0.717, 1.165) is 29.7 Å². The third-order valence-electron chi connectivity index (χ3n) is 7.01. The van der Waals surface area contributed by atoms with Crippen LogP contribution in [0.15, 0.2) is 83.8 Å². The van der Waals surface area contributed by atoms with Gasteiger partial charge in [0.05, 0.1) is 10.8 Å². The number of amides is 2. The third-order valence-corrected chi connectivity index (χ3v) is 9.77. The number of nitriles is 1. The molecule has 40 heavy (non-hydrogen) atoms. The number of halogens is 1. The first-order valence-electron chi connectivity index (χ1n) is 13.2. The smallest absolute Gasteiger partial charge is 0.255 e. The van der Waals surface area contributed by atoms with E-state index in [2.05, 4.69) is 41.0 Å². The summed E-state index contributed by atoms with van der Waals surface area (Å²) in [6.45, 7) is 1.97. The lowest BCUT2D eigenvalue weighted by Gasteiger charge is -2.22. The third kappa shape index (κ3) is 6.42. The van der Waals surface area contributed by atoms with Crippen LogP contribution in [-0.4, -0.2) is 17.1 Å². The van der Waals surface area contributed by atoms with E-state index >= 15 is 0 Å². The molecule has 1 heterocycles. The van der Waals surface area contributed by atoms with Crippen LogP contribution in [0.5, 0.6) is 0 Å². The Morgan fingerprint density at radius 2 is 1.88 bits per heavy atom. The van der Waals surface area contributed by atoms with Crippen molar-refractivity contribution in [2.75, 3.05) is 10.6 Å². The average molecular weight is 586 g/mol. The number of carbonyl (C=O) groups excluding carboxylic acids is 2. The highest BCUT2D eigenvalue weighted by Crippen LogP contribution is 2.42. The van der Waals surface area contributed by atoms with Gasteiger partial charge in [0, 0.05) is 26.0 Å². The number of rotatable bonds is 8. The lowest BCUT2D eigenvalue weighted by atomic mass is 9.83. The van der Waals surface area contributed by atoms with Crippen LogP contribution < -0.4 is 10.6 Å². The summed E-state index contributed by atoms with van der Waals surface area (Å²) >= 11 is 8.99. The van der Waals surface area contributed by atoms with Crippen molar-refractivity contribution in [1.29, 1.82) is 5.26 Å². The first-order chi connectivity index (χ1) is 19.4. The first-order valence-corrected chi connectivity index (χ1v) is 15.3. The number of benzene rings is 3. The van der Waals surface area contributed by atoms with E-state index in [1.54, 1.807) is 24.3 Å². The minimum Gasteiger partial charge on any atom is -0.322 e. The maximum atomic E-state index is 13.4. The van der Waals surface area contributed by atoms with Crippen LogP contribution >= 0.6 is 34.7 Å². The molecule has 0 saturated heterocycles. The van der Waals surface area contributed by atoms with Gasteiger partial charge in [0.1, 0.15) is 11.1 Å². The molecule has 0 aliphatic heterocycles. The van der Waals surface area contributed by atoms with Crippen LogP contribution in [0.1, 0.15) is 57.6 Å². The molecule has 0 fully saturated rings. The van der Waals surface area contributed by atoms with Crippen molar-refractivity contribution >= 4 is 57.2 Å². The molecule has 0 bridgehead atoms. The SMILES string of the molecule is CCC(Sc1cccc(NC(=O)c2cccc(Cl)c2)c1)C(=O)Nc1sc2c(c1C#N)CCC(c1ccccc1)C2. The molecule has 5 rings (SSSR count). The molecule has 1 aromatic heterocycles. The summed E-state index contributed by atoms with van der Waals surface area (Å²) < 4.78 is 0. The van der Waals surface area contributed by atoms with Crippen LogP contribution in [0.25, 0.3) is 0 Å². The first kappa shape index (κ1) is 28.0. The highest BCUT2D eigenvalue weighted by molar-refractivity contribution is 8.00. The van der Waals surface area contributed by atoms with Crippen LogP contribution in [0, 0.1) is 11.3 Å². The molecule has 2 amide bonds. The standard InChI is InChI=1S/C32H28ClN3O2S2/c1-2-28(39-25-13-7-12-24(18-25)35-30(37)22-10-6-11-23(33)16-22)31(38)36-32-27(19-34)26-15-14-21(17-29(26)40-32)20-8-4-3-5-9-20/h3-13,16,18,21,28H,2,14-15,17H2,1H3,(H,35,37)(H,36,38). The summed E-state index contributed by atoms with van der Waals surface area (Å²) in [6, 6.07) is 27.1. The Hall–Kier alpha value is -3.57. The van der Waals surface area contributed by atoms with E-state index in [0.29, 0.717) is 39.2 Å². The number of nitrogens with zero attached hydrogens (tertiary/aromatic N) is 1. The lowest BCUT2D eigenvalue weighted by Crippen LogP contribution is -2.24. The molecule has 0 saturated carbocycles. The van der Waals surface area contributed by atoms with Crippen LogP contribution in [-0.2, 0) is 17.6 Å². The zero-order chi connectivity index (χ0) is 28.1. The van der Waals surface area contributed by atoms with E-state index in [1.807, 2.05) is 37.3 Å². The normalized spacial score (nSPS) is 15.0. The Balaban J connectivity index is 1.27. The van der Waals surface area contributed by atoms with Gasteiger partial charge in [0.2, 0.25) is 5.91 Å². The fraction of sp³-hybridized carbons (Fsp3) is 0.219. The lowest BCUT2D eigenvalue weighted by molar-refractivity contribution is -0.115. The molecule has 0 radical (unpaired) electrons. The predicted octanol–water partition coefficient (Wildman–Crippen LogP) is 8.31. The molecular formula is C32H28ClN3O2S2. The number of anilines is 2. The van der Waals surface area contributed by atoms with E-state index in [9.17, 15) is 14.9 Å². The molecular weight excluding hydrogens is 558 g/mol. The molecule has 0 spiro atoms. The molecule has 2 unspecified atom stereocenters. The number of hydrogen-bond donors (Lipinski definition) is 2. The zero-order valence-corrected chi connectivity index (χ0v) is 24.3. The van der Waals surface area contributed by atoms with Gasteiger partial charge in [-0.1, -0.05) is 61.0 Å². The van der Waals surface area contributed by atoms with Crippen molar-refractivity contribution in [3.05, 3.63) is 111 Å². The summed E-state index contributed by atoms with van der Waals surface area (Å²) in [5.41, 5.74) is 4.11. The van der Waals surface area contributed by atoms with Crippen molar-refractivity contribution in [3.63, 3.8) is 0 Å². The number of hydrogen-bond acceptors (Lipinski definition) is 5. The van der Waals surface area contributed by atoms with Crippen molar-refractivity contribution in [2.24, 2.45) is 0 Å². The van der Waals surface area contributed by atoms with Crippen LogP contribution in [0.3, 0.4) is 0 Å². The van der Waals surface area contributed by atoms with Crippen molar-refractivity contribution in [2.45, 2.75) is 48.7 Å². The summed E-state index contributed by atoms with van der Waals surface area (Å²) in [6.07, 6.45) is 3.32. The van der Waals surface area contributed by atoms with Gasteiger partial charge in [0.25, 0.3) is 5.91 Å². The predicted molar refractivity (Wildman–Crippen MR) is 165 cm³/mol. The Kier molecular flexibility index (Phi) is 8.91. The summed E-state index contributed by atoms with van der Waals surface area (Å²) in [5, 5.41) is 16.7. The van der Waals surface area contributed by atoms with E-state index < -0.39 is 0 Å². The number of thioether (sulfide) groups is 1. The van der Waals surface area contributed by atoms with E-state index in [4.69, 9.17) is 11.6 Å². The van der Waals surface area contributed by atoms with Gasteiger partial charge in [-0.3, -0.25) is 9.59 Å². The number of thiophene rings is 1. The van der Waals surface area contributed by atoms with Crippen molar-refractivity contribution in [1.82, 2.24) is 0 Å². The number of fused-ring (bicyclic) bond motifs is 1. The topological polar surface area (TPSA) is 82.0 Å². The van der Waals surface area contributed by atoms with Crippen LogP contribution in [0.4, 0.5) is 10.7 Å². The second kappa shape index (κ2) is 12.7. The maximum Gasteiger partial charge on any atom is 0.255 e. The molecule has 2 atom stereocenters. The van der Waals surface area contributed by atoms with Gasteiger partial charge < -0.3 is 10.6 Å². The van der Waals surface area contributed by atoms with Crippen molar-refractivity contribution < 1.29 is 9.59 Å². The van der Waals surface area contributed by atoms with Gasteiger partial charge in [-0.05, 0) is 79.1 Å². The fourth-order valence-electron chi connectivity index (χ4n) is 4.96. The van der Waals surface area contributed by atoms with Gasteiger partial charge in [0.15, 0.2) is 0 Å². The molecule has 202 valence electrons. The Morgan fingerprint density at radius 3 is 2.62 bits per heavy atom. The van der Waals surface area contributed by atoms with Gasteiger partial charge in [-0.15, -0.1) is 23.1 Å². The number of carbonyl (C=O) groups is 2. The average Bonchev–Trinajstić information content (AvgIpc) is 3.32. The Morgan fingerprint density at radius 1 is 1.07 bits per heavy atom. The monoisotopic (exact) mass is 585 g/mol.